The van der Waals surface area contributed by atoms with Gasteiger partial charge in [-0.1, -0.05) is 25.8 Å². The first-order valence-corrected chi connectivity index (χ1v) is 8.22. The predicted octanol–water partition coefficient (Wildman–Crippen LogP) is 3.98. The third-order valence-corrected chi connectivity index (χ3v) is 5.70. The molecule has 3 nitrogen and oxygen atoms in total. The third kappa shape index (κ3) is 2.52. The first-order chi connectivity index (χ1) is 9.99. The number of hydrogen-bond acceptors (Lipinski definition) is 1. The molecule has 0 radical (unpaired) electrons. The van der Waals surface area contributed by atoms with Crippen LogP contribution >= 0.6 is 11.6 Å². The third-order valence-electron chi connectivity index (χ3n) is 5.09. The van der Waals surface area contributed by atoms with Gasteiger partial charge in [0.2, 0.25) is 0 Å². The van der Waals surface area contributed by atoms with Crippen LogP contribution in [-0.2, 0) is 14.1 Å². The summed E-state index contributed by atoms with van der Waals surface area (Å²) < 4.78 is 3.38. The molecule has 0 spiro atoms. The minimum atomic E-state index is 0.0137. The molecular formula is C17H23ClN2O. The van der Waals surface area contributed by atoms with E-state index in [-0.39, 0.29) is 11.1 Å². The molecule has 1 heterocycles. The second-order valence-corrected chi connectivity index (χ2v) is 7.04. The van der Waals surface area contributed by atoms with E-state index < -0.39 is 0 Å². The highest BCUT2D eigenvalue weighted by Gasteiger charge is 2.26. The van der Waals surface area contributed by atoms with Crippen molar-refractivity contribution < 1.29 is 0 Å². The van der Waals surface area contributed by atoms with E-state index >= 15 is 0 Å². The van der Waals surface area contributed by atoms with Crippen molar-refractivity contribution in [2.75, 3.05) is 0 Å². The number of imidazole rings is 1. The van der Waals surface area contributed by atoms with E-state index in [4.69, 9.17) is 11.6 Å². The fourth-order valence-electron chi connectivity index (χ4n) is 3.55. The second kappa shape index (κ2) is 5.53. The molecule has 1 aliphatic carbocycles. The number of aryl methyl sites for hydroxylation is 2. The number of rotatable bonds is 2. The van der Waals surface area contributed by atoms with Gasteiger partial charge in [-0.15, -0.1) is 11.6 Å². The van der Waals surface area contributed by atoms with Gasteiger partial charge in [0.05, 0.1) is 16.4 Å². The maximum Gasteiger partial charge on any atom is 0.328 e. The van der Waals surface area contributed by atoms with Crippen molar-refractivity contribution in [1.82, 2.24) is 9.13 Å². The summed E-state index contributed by atoms with van der Waals surface area (Å²) in [6.07, 6.45) is 4.97. The molecule has 1 aliphatic rings. The smallest absolute Gasteiger partial charge is 0.295 e. The van der Waals surface area contributed by atoms with Crippen LogP contribution in [0.2, 0.25) is 0 Å². The quantitative estimate of drug-likeness (QED) is 0.771. The average molecular weight is 307 g/mol. The Morgan fingerprint density at radius 2 is 1.71 bits per heavy atom. The Bertz CT molecular complexity index is 707. The molecule has 1 aromatic heterocycles. The van der Waals surface area contributed by atoms with Crippen LogP contribution in [0.15, 0.2) is 23.0 Å². The molecule has 0 bridgehead atoms. The van der Waals surface area contributed by atoms with Crippen LogP contribution in [-0.4, -0.2) is 9.13 Å². The van der Waals surface area contributed by atoms with Gasteiger partial charge in [-0.05, 0) is 42.4 Å². The van der Waals surface area contributed by atoms with Gasteiger partial charge in [0.1, 0.15) is 0 Å². The fraction of sp³-hybridized carbons (Fsp3) is 0.588. The summed E-state index contributed by atoms with van der Waals surface area (Å²) in [4.78, 5) is 12.0. The summed E-state index contributed by atoms with van der Waals surface area (Å²) in [5, 5.41) is 0.0530. The molecule has 2 aromatic rings. The lowest BCUT2D eigenvalue weighted by molar-refractivity contribution is 0.283. The minimum Gasteiger partial charge on any atom is -0.295 e. The first-order valence-electron chi connectivity index (χ1n) is 7.78. The van der Waals surface area contributed by atoms with Crippen molar-refractivity contribution >= 4 is 22.6 Å². The van der Waals surface area contributed by atoms with E-state index in [0.29, 0.717) is 5.92 Å². The van der Waals surface area contributed by atoms with E-state index in [1.807, 2.05) is 20.2 Å². The van der Waals surface area contributed by atoms with Crippen LogP contribution in [0.5, 0.6) is 0 Å². The van der Waals surface area contributed by atoms with Crippen LogP contribution in [0.3, 0.4) is 0 Å². The molecule has 1 atom stereocenters. The summed E-state index contributed by atoms with van der Waals surface area (Å²) in [7, 11) is 3.63. The highest BCUT2D eigenvalue weighted by Crippen LogP contribution is 2.40. The number of fused-ring (bicyclic) bond motifs is 1. The van der Waals surface area contributed by atoms with Crippen molar-refractivity contribution in [3.8, 4) is 0 Å². The molecular weight excluding hydrogens is 284 g/mol. The van der Waals surface area contributed by atoms with E-state index in [2.05, 4.69) is 19.1 Å². The second-order valence-electron chi connectivity index (χ2n) is 6.57. The lowest BCUT2D eigenvalue weighted by Gasteiger charge is -2.29. The van der Waals surface area contributed by atoms with E-state index in [9.17, 15) is 4.79 Å². The Kier molecular flexibility index (Phi) is 3.87. The number of halogens is 1. The Morgan fingerprint density at radius 3 is 2.38 bits per heavy atom. The Morgan fingerprint density at radius 1 is 1.10 bits per heavy atom. The maximum absolute atomic E-state index is 12.0. The van der Waals surface area contributed by atoms with Gasteiger partial charge in [0.25, 0.3) is 0 Å². The maximum atomic E-state index is 12.0. The largest absolute Gasteiger partial charge is 0.328 e. The van der Waals surface area contributed by atoms with Gasteiger partial charge >= 0.3 is 5.69 Å². The van der Waals surface area contributed by atoms with Gasteiger partial charge in [0, 0.05) is 14.1 Å². The highest BCUT2D eigenvalue weighted by atomic mass is 35.5. The van der Waals surface area contributed by atoms with Gasteiger partial charge in [-0.25, -0.2) is 4.79 Å². The summed E-state index contributed by atoms with van der Waals surface area (Å²) >= 11 is 6.74. The predicted molar refractivity (Wildman–Crippen MR) is 87.9 cm³/mol. The van der Waals surface area contributed by atoms with E-state index in [0.717, 1.165) is 22.5 Å². The number of alkyl halides is 1. The zero-order valence-electron chi connectivity index (χ0n) is 13.0. The molecule has 0 amide bonds. The summed E-state index contributed by atoms with van der Waals surface area (Å²) in [6.45, 7) is 2.32. The van der Waals surface area contributed by atoms with Crippen molar-refractivity contribution in [2.24, 2.45) is 25.9 Å². The molecule has 0 N–H and O–H groups in total. The summed E-state index contributed by atoms with van der Waals surface area (Å²) in [6, 6.07) is 6.19. The normalized spacial score (nSPS) is 24.4. The number of nitrogens with zero attached hydrogens (tertiary/aromatic N) is 2. The van der Waals surface area contributed by atoms with Crippen molar-refractivity contribution in [3.63, 3.8) is 0 Å². The molecule has 114 valence electrons. The molecule has 0 saturated heterocycles. The van der Waals surface area contributed by atoms with E-state index in [1.54, 1.807) is 9.13 Å². The zero-order valence-corrected chi connectivity index (χ0v) is 13.7. The molecule has 1 saturated carbocycles. The number of hydrogen-bond donors (Lipinski definition) is 0. The van der Waals surface area contributed by atoms with E-state index in [1.165, 1.54) is 25.7 Å². The molecule has 21 heavy (non-hydrogen) atoms. The first kappa shape index (κ1) is 14.7. The van der Waals surface area contributed by atoms with Crippen LogP contribution in [0.1, 0.15) is 43.5 Å². The van der Waals surface area contributed by atoms with Gasteiger partial charge in [0.15, 0.2) is 0 Å². The molecule has 4 heteroatoms. The number of aromatic nitrogens is 2. The summed E-state index contributed by atoms with van der Waals surface area (Å²) in [5.41, 5.74) is 3.09. The van der Waals surface area contributed by atoms with Crippen molar-refractivity contribution in [1.29, 1.82) is 0 Å². The lowest BCUT2D eigenvalue weighted by Crippen LogP contribution is -2.19. The monoisotopic (exact) mass is 306 g/mol. The van der Waals surface area contributed by atoms with Gasteiger partial charge in [-0.2, -0.15) is 0 Å². The van der Waals surface area contributed by atoms with Crippen molar-refractivity contribution in [3.05, 3.63) is 34.2 Å². The molecule has 1 unspecified atom stereocenters. The lowest BCUT2D eigenvalue weighted by atomic mass is 9.80. The van der Waals surface area contributed by atoms with Crippen LogP contribution in [0.25, 0.3) is 11.0 Å². The van der Waals surface area contributed by atoms with Crippen LogP contribution in [0, 0.1) is 11.8 Å². The molecule has 1 fully saturated rings. The Hall–Kier alpha value is -1.22. The highest BCUT2D eigenvalue weighted by molar-refractivity contribution is 6.21. The van der Waals surface area contributed by atoms with Crippen molar-refractivity contribution in [2.45, 2.75) is 38.0 Å². The zero-order chi connectivity index (χ0) is 15.1. The van der Waals surface area contributed by atoms with Gasteiger partial charge < -0.3 is 0 Å². The topological polar surface area (TPSA) is 26.9 Å². The SMILES string of the molecule is CC1CCC(C(Cl)c2ccc3c(c2)n(C)c(=O)n3C)CC1. The summed E-state index contributed by atoms with van der Waals surface area (Å²) in [5.74, 6) is 1.39. The van der Waals surface area contributed by atoms with Crippen LogP contribution < -0.4 is 5.69 Å². The van der Waals surface area contributed by atoms with Crippen LogP contribution in [0.4, 0.5) is 0 Å². The molecule has 3 rings (SSSR count). The fourth-order valence-corrected chi connectivity index (χ4v) is 3.93. The Labute approximate surface area is 130 Å². The standard InChI is InChI=1S/C17H23ClN2O/c1-11-4-6-12(7-5-11)16(18)13-8-9-14-15(10-13)20(3)17(21)19(14)2/h8-12,16H,4-7H2,1-3H3. The minimum absolute atomic E-state index is 0.0137. The number of benzene rings is 1. The average Bonchev–Trinajstić information content (AvgIpc) is 2.72. The Balaban J connectivity index is 1.94. The molecule has 0 aliphatic heterocycles. The molecule has 1 aromatic carbocycles. The van der Waals surface area contributed by atoms with Gasteiger partial charge in [-0.3, -0.25) is 9.13 Å².